The number of hydrogen-bond donors (Lipinski definition) is 0. The van der Waals surface area contributed by atoms with Crippen molar-refractivity contribution in [1.82, 2.24) is 0 Å². The van der Waals surface area contributed by atoms with E-state index in [1.165, 1.54) is 10.5 Å². The van der Waals surface area contributed by atoms with Gasteiger partial charge in [-0.2, -0.15) is 5.26 Å². The van der Waals surface area contributed by atoms with Gasteiger partial charge in [0.15, 0.2) is 0 Å². The molecule has 0 N–H and O–H groups in total. The first kappa shape index (κ1) is 11.5. The van der Waals surface area contributed by atoms with Crippen molar-refractivity contribution in [3.8, 4) is 6.07 Å². The highest BCUT2D eigenvalue weighted by atomic mass is 32.2. The van der Waals surface area contributed by atoms with Crippen molar-refractivity contribution in [2.24, 2.45) is 0 Å². The van der Waals surface area contributed by atoms with E-state index in [0.717, 1.165) is 12.8 Å². The standard InChI is InChI=1S/C13H15NOS/c1-16-13-4-2-10(3-5-13)11-6-7-15-12(8-11)9-14/h2-5,11-12H,6-8H2,1H3. The maximum absolute atomic E-state index is 8.86. The second kappa shape index (κ2) is 5.38. The van der Waals surface area contributed by atoms with Gasteiger partial charge in [0, 0.05) is 11.5 Å². The Bertz CT molecular complexity index is 382. The van der Waals surface area contributed by atoms with Gasteiger partial charge in [0.05, 0.1) is 6.07 Å². The predicted molar refractivity (Wildman–Crippen MR) is 65.6 cm³/mol. The van der Waals surface area contributed by atoms with Gasteiger partial charge in [0.1, 0.15) is 6.10 Å². The van der Waals surface area contributed by atoms with Gasteiger partial charge in [-0.25, -0.2) is 0 Å². The van der Waals surface area contributed by atoms with Gasteiger partial charge in [0.25, 0.3) is 0 Å². The van der Waals surface area contributed by atoms with Gasteiger partial charge in [-0.1, -0.05) is 12.1 Å². The van der Waals surface area contributed by atoms with E-state index in [2.05, 4.69) is 36.6 Å². The first-order valence-corrected chi connectivity index (χ1v) is 6.71. The Morgan fingerprint density at radius 1 is 1.38 bits per heavy atom. The van der Waals surface area contributed by atoms with Crippen molar-refractivity contribution in [3.63, 3.8) is 0 Å². The molecule has 1 aromatic rings. The van der Waals surface area contributed by atoms with E-state index in [4.69, 9.17) is 10.00 Å². The van der Waals surface area contributed by atoms with E-state index >= 15 is 0 Å². The summed E-state index contributed by atoms with van der Waals surface area (Å²) >= 11 is 1.75. The topological polar surface area (TPSA) is 33.0 Å². The third-order valence-electron chi connectivity index (χ3n) is 3.02. The number of ether oxygens (including phenoxy) is 1. The van der Waals surface area contributed by atoms with Crippen LogP contribution in [0, 0.1) is 11.3 Å². The lowest BCUT2D eigenvalue weighted by molar-refractivity contribution is 0.0408. The smallest absolute Gasteiger partial charge is 0.144 e. The second-order valence-electron chi connectivity index (χ2n) is 3.98. The molecule has 2 nitrogen and oxygen atoms in total. The summed E-state index contributed by atoms with van der Waals surface area (Å²) in [6.07, 6.45) is 3.71. The summed E-state index contributed by atoms with van der Waals surface area (Å²) in [6.45, 7) is 0.702. The minimum atomic E-state index is -0.223. The van der Waals surface area contributed by atoms with E-state index in [1.54, 1.807) is 11.8 Å². The van der Waals surface area contributed by atoms with Crippen LogP contribution >= 0.6 is 11.8 Å². The van der Waals surface area contributed by atoms with Crippen molar-refractivity contribution in [3.05, 3.63) is 29.8 Å². The molecule has 1 fully saturated rings. The van der Waals surface area contributed by atoms with E-state index < -0.39 is 0 Å². The summed E-state index contributed by atoms with van der Waals surface area (Å²) in [5, 5.41) is 8.86. The zero-order valence-electron chi connectivity index (χ0n) is 9.35. The zero-order valence-corrected chi connectivity index (χ0v) is 10.2. The zero-order chi connectivity index (χ0) is 11.4. The molecule has 0 amide bonds. The molecule has 0 spiro atoms. The fourth-order valence-corrected chi connectivity index (χ4v) is 2.47. The Balaban J connectivity index is 2.08. The summed E-state index contributed by atoms with van der Waals surface area (Å²) in [7, 11) is 0. The molecule has 0 saturated carbocycles. The predicted octanol–water partition coefficient (Wildman–Crippen LogP) is 3.19. The third-order valence-corrected chi connectivity index (χ3v) is 3.76. The molecule has 1 saturated heterocycles. The quantitative estimate of drug-likeness (QED) is 0.735. The van der Waals surface area contributed by atoms with E-state index in [1.807, 2.05) is 0 Å². The third kappa shape index (κ3) is 2.58. The van der Waals surface area contributed by atoms with Crippen molar-refractivity contribution in [1.29, 1.82) is 5.26 Å². The number of rotatable bonds is 2. The summed E-state index contributed by atoms with van der Waals surface area (Å²) < 4.78 is 5.36. The molecule has 0 aliphatic carbocycles. The monoisotopic (exact) mass is 233 g/mol. The maximum atomic E-state index is 8.86. The molecular formula is C13H15NOS. The SMILES string of the molecule is CSc1ccc(C2CCOC(C#N)C2)cc1. The van der Waals surface area contributed by atoms with Gasteiger partial charge in [-0.15, -0.1) is 11.8 Å². The molecule has 2 unspecified atom stereocenters. The Morgan fingerprint density at radius 3 is 2.75 bits per heavy atom. The molecule has 1 aliphatic heterocycles. The van der Waals surface area contributed by atoms with Crippen LogP contribution in [0.4, 0.5) is 0 Å². The lowest BCUT2D eigenvalue weighted by Crippen LogP contribution is -2.23. The lowest BCUT2D eigenvalue weighted by Gasteiger charge is -2.26. The molecule has 0 bridgehead atoms. The minimum Gasteiger partial charge on any atom is -0.363 e. The number of nitrogens with zero attached hydrogens (tertiary/aromatic N) is 1. The fourth-order valence-electron chi connectivity index (χ4n) is 2.07. The molecule has 84 valence electrons. The van der Waals surface area contributed by atoms with Crippen LogP contribution in [0.5, 0.6) is 0 Å². The molecule has 2 rings (SSSR count). The van der Waals surface area contributed by atoms with Gasteiger partial charge < -0.3 is 4.74 Å². The summed E-state index contributed by atoms with van der Waals surface area (Å²) in [4.78, 5) is 1.28. The van der Waals surface area contributed by atoms with Crippen LogP contribution in [-0.2, 0) is 4.74 Å². The van der Waals surface area contributed by atoms with Crippen molar-refractivity contribution in [2.45, 2.75) is 29.8 Å². The van der Waals surface area contributed by atoms with Crippen LogP contribution in [-0.4, -0.2) is 19.0 Å². The summed E-state index contributed by atoms with van der Waals surface area (Å²) in [5.41, 5.74) is 1.33. The molecule has 3 heteroatoms. The maximum Gasteiger partial charge on any atom is 0.144 e. The first-order chi connectivity index (χ1) is 7.83. The number of nitriles is 1. The Labute approximate surface area is 101 Å². The van der Waals surface area contributed by atoms with E-state index in [9.17, 15) is 0 Å². The highest BCUT2D eigenvalue weighted by Gasteiger charge is 2.23. The minimum absolute atomic E-state index is 0.223. The number of thioether (sulfide) groups is 1. The van der Waals surface area contributed by atoms with Crippen molar-refractivity contribution < 1.29 is 4.74 Å². The highest BCUT2D eigenvalue weighted by Crippen LogP contribution is 2.30. The van der Waals surface area contributed by atoms with E-state index in [-0.39, 0.29) is 6.10 Å². The van der Waals surface area contributed by atoms with Crippen molar-refractivity contribution >= 4 is 11.8 Å². The average molecular weight is 233 g/mol. The van der Waals surface area contributed by atoms with Crippen molar-refractivity contribution in [2.75, 3.05) is 12.9 Å². The largest absolute Gasteiger partial charge is 0.363 e. The highest BCUT2D eigenvalue weighted by molar-refractivity contribution is 7.98. The van der Waals surface area contributed by atoms with Gasteiger partial charge >= 0.3 is 0 Å². The lowest BCUT2D eigenvalue weighted by atomic mass is 9.89. The number of hydrogen-bond acceptors (Lipinski definition) is 3. The van der Waals surface area contributed by atoms with Crippen LogP contribution in [0.3, 0.4) is 0 Å². The molecule has 16 heavy (non-hydrogen) atoms. The van der Waals surface area contributed by atoms with E-state index in [0.29, 0.717) is 12.5 Å². The van der Waals surface area contributed by atoms with Gasteiger partial charge in [0.2, 0.25) is 0 Å². The Kier molecular flexibility index (Phi) is 3.87. The molecule has 1 heterocycles. The van der Waals surface area contributed by atoms with Gasteiger partial charge in [-0.3, -0.25) is 0 Å². The second-order valence-corrected chi connectivity index (χ2v) is 4.86. The normalized spacial score (nSPS) is 25.0. The number of benzene rings is 1. The summed E-state index contributed by atoms with van der Waals surface area (Å²) in [6, 6.07) is 10.9. The Hall–Kier alpha value is -0.980. The molecule has 0 radical (unpaired) electrons. The van der Waals surface area contributed by atoms with Crippen LogP contribution < -0.4 is 0 Å². The molecular weight excluding hydrogens is 218 g/mol. The van der Waals surface area contributed by atoms with Crippen LogP contribution in [0.1, 0.15) is 24.3 Å². The molecule has 1 aromatic carbocycles. The molecule has 0 aromatic heterocycles. The van der Waals surface area contributed by atoms with Crippen LogP contribution in [0.2, 0.25) is 0 Å². The molecule has 2 atom stereocenters. The fraction of sp³-hybridized carbons (Fsp3) is 0.462. The molecule has 1 aliphatic rings. The Morgan fingerprint density at radius 2 is 2.12 bits per heavy atom. The van der Waals surface area contributed by atoms with Crippen LogP contribution in [0.15, 0.2) is 29.2 Å². The van der Waals surface area contributed by atoms with Crippen LogP contribution in [0.25, 0.3) is 0 Å². The average Bonchev–Trinajstić information content (AvgIpc) is 2.39. The first-order valence-electron chi connectivity index (χ1n) is 5.48. The summed E-state index contributed by atoms with van der Waals surface area (Å²) in [5.74, 6) is 0.481. The van der Waals surface area contributed by atoms with Gasteiger partial charge in [-0.05, 0) is 42.7 Å².